The van der Waals surface area contributed by atoms with Crippen LogP contribution in [0, 0.1) is 0 Å². The van der Waals surface area contributed by atoms with E-state index in [4.69, 9.17) is 31.2 Å². The zero-order chi connectivity index (χ0) is 17.7. The van der Waals surface area contributed by atoms with E-state index in [0.29, 0.717) is 5.76 Å². The number of halogens is 1. The lowest BCUT2D eigenvalue weighted by molar-refractivity contribution is -0.125. The first-order valence-corrected chi connectivity index (χ1v) is 7.43. The highest BCUT2D eigenvalue weighted by atomic mass is 35.5. The van der Waals surface area contributed by atoms with Gasteiger partial charge in [0.15, 0.2) is 6.61 Å². The van der Waals surface area contributed by atoms with Gasteiger partial charge in [-0.15, -0.1) is 0 Å². The number of anilines is 1. The summed E-state index contributed by atoms with van der Waals surface area (Å²) in [6.07, 6.45) is 1.51. The number of nitrogens with two attached hydrogens (primary N) is 1. The lowest BCUT2D eigenvalue weighted by Crippen LogP contribution is -2.31. The van der Waals surface area contributed by atoms with Crippen molar-refractivity contribution in [2.24, 2.45) is 0 Å². The number of hydrogen-bond donors (Lipinski definition) is 2. The number of carbonyl (C=O) groups is 2. The molecule has 8 heteroatoms. The van der Waals surface area contributed by atoms with Crippen molar-refractivity contribution >= 4 is 29.2 Å². The number of hydrogen-bond acceptors (Lipinski definition) is 6. The van der Waals surface area contributed by atoms with Crippen molar-refractivity contribution in [3.63, 3.8) is 0 Å². The molecular formula is C16H17ClN2O5. The van der Waals surface area contributed by atoms with Gasteiger partial charge >= 0.3 is 5.97 Å². The van der Waals surface area contributed by atoms with Gasteiger partial charge in [-0.05, 0) is 25.1 Å². The minimum absolute atomic E-state index is 0.0867. The van der Waals surface area contributed by atoms with Crippen molar-refractivity contribution in [2.45, 2.75) is 13.0 Å². The highest BCUT2D eigenvalue weighted by Gasteiger charge is 2.18. The summed E-state index contributed by atoms with van der Waals surface area (Å²) in [6.45, 7) is 1.30. The molecule has 0 radical (unpaired) electrons. The lowest BCUT2D eigenvalue weighted by Gasteiger charge is -2.13. The first kappa shape index (κ1) is 17.7. The maximum atomic E-state index is 12.1. The molecule has 1 atom stereocenters. The van der Waals surface area contributed by atoms with Gasteiger partial charge in [-0.3, -0.25) is 4.79 Å². The number of methoxy groups -OCH3 is 1. The number of amides is 1. The Hall–Kier alpha value is -2.67. The van der Waals surface area contributed by atoms with E-state index in [2.05, 4.69) is 5.32 Å². The summed E-state index contributed by atoms with van der Waals surface area (Å²) in [5, 5.41) is 2.84. The topological polar surface area (TPSA) is 104 Å². The van der Waals surface area contributed by atoms with Crippen LogP contribution < -0.4 is 15.8 Å². The quantitative estimate of drug-likeness (QED) is 0.611. The van der Waals surface area contributed by atoms with Crippen LogP contribution in [0.4, 0.5) is 5.69 Å². The van der Waals surface area contributed by atoms with E-state index in [-0.39, 0.29) is 28.1 Å². The minimum atomic E-state index is -0.741. The Morgan fingerprint density at radius 1 is 1.42 bits per heavy atom. The largest absolute Gasteiger partial charge is 0.496 e. The predicted molar refractivity (Wildman–Crippen MR) is 88.0 cm³/mol. The van der Waals surface area contributed by atoms with Gasteiger partial charge in [-0.1, -0.05) is 11.6 Å². The first-order chi connectivity index (χ1) is 11.4. The van der Waals surface area contributed by atoms with E-state index in [1.54, 1.807) is 19.1 Å². The molecule has 7 nitrogen and oxygen atoms in total. The molecule has 0 fully saturated rings. The third kappa shape index (κ3) is 4.20. The van der Waals surface area contributed by atoms with Gasteiger partial charge in [0.05, 0.1) is 30.1 Å². The fourth-order valence-electron chi connectivity index (χ4n) is 2.00. The molecule has 0 aliphatic carbocycles. The van der Waals surface area contributed by atoms with Crippen molar-refractivity contribution in [2.75, 3.05) is 19.5 Å². The number of rotatable bonds is 6. The number of esters is 1. The van der Waals surface area contributed by atoms with E-state index in [9.17, 15) is 9.59 Å². The minimum Gasteiger partial charge on any atom is -0.496 e. The number of ether oxygens (including phenoxy) is 2. The van der Waals surface area contributed by atoms with Crippen LogP contribution in [-0.4, -0.2) is 25.6 Å². The van der Waals surface area contributed by atoms with Gasteiger partial charge in [-0.2, -0.15) is 0 Å². The van der Waals surface area contributed by atoms with Crippen molar-refractivity contribution < 1.29 is 23.5 Å². The Balaban J connectivity index is 1.95. The molecule has 2 aromatic rings. The molecule has 3 N–H and O–H groups in total. The fraction of sp³-hybridized carbons (Fsp3) is 0.250. The van der Waals surface area contributed by atoms with Crippen LogP contribution in [-0.2, 0) is 9.53 Å². The standard InChI is InChI=1S/C16H17ClN2O5/c1-9(13-4-3-5-23-13)19-15(20)8-24-16(21)10-6-11(17)12(18)7-14(10)22-2/h3-7,9H,8,18H2,1-2H3,(H,19,20)/t9-/m0/s1. The smallest absolute Gasteiger partial charge is 0.342 e. The average Bonchev–Trinajstić information content (AvgIpc) is 3.09. The predicted octanol–water partition coefficient (Wildman–Crippen LogP) is 2.56. The Kier molecular flexibility index (Phi) is 5.70. The lowest BCUT2D eigenvalue weighted by atomic mass is 10.2. The number of benzene rings is 1. The Labute approximate surface area is 143 Å². The Morgan fingerprint density at radius 2 is 2.17 bits per heavy atom. The summed E-state index contributed by atoms with van der Waals surface area (Å²) in [7, 11) is 1.39. The molecular weight excluding hydrogens is 336 g/mol. The molecule has 1 aromatic carbocycles. The van der Waals surface area contributed by atoms with Crippen molar-refractivity contribution in [1.29, 1.82) is 0 Å². The van der Waals surface area contributed by atoms with E-state index in [1.165, 1.54) is 25.5 Å². The molecule has 0 saturated carbocycles. The van der Waals surface area contributed by atoms with E-state index in [0.717, 1.165) is 0 Å². The number of nitrogen functional groups attached to an aromatic ring is 1. The van der Waals surface area contributed by atoms with Gasteiger partial charge in [0.1, 0.15) is 17.1 Å². The van der Waals surface area contributed by atoms with Crippen LogP contribution in [0.2, 0.25) is 5.02 Å². The van der Waals surface area contributed by atoms with E-state index >= 15 is 0 Å². The highest BCUT2D eigenvalue weighted by molar-refractivity contribution is 6.33. The normalized spacial score (nSPS) is 11.6. The van der Waals surface area contributed by atoms with Crippen LogP contribution in [0.25, 0.3) is 0 Å². The van der Waals surface area contributed by atoms with E-state index < -0.39 is 18.5 Å². The number of nitrogens with one attached hydrogen (secondary N) is 1. The van der Waals surface area contributed by atoms with Crippen LogP contribution in [0.1, 0.15) is 29.1 Å². The average molecular weight is 353 g/mol. The monoisotopic (exact) mass is 352 g/mol. The molecule has 0 aliphatic rings. The first-order valence-electron chi connectivity index (χ1n) is 7.05. The fourth-order valence-corrected chi connectivity index (χ4v) is 2.16. The molecule has 2 rings (SSSR count). The van der Waals surface area contributed by atoms with E-state index in [1.807, 2.05) is 0 Å². The Morgan fingerprint density at radius 3 is 2.79 bits per heavy atom. The molecule has 0 bridgehead atoms. The van der Waals surface area contributed by atoms with Gasteiger partial charge in [-0.25, -0.2) is 4.79 Å². The molecule has 24 heavy (non-hydrogen) atoms. The van der Waals surface area contributed by atoms with Crippen molar-refractivity contribution in [1.82, 2.24) is 5.32 Å². The summed E-state index contributed by atoms with van der Waals surface area (Å²) < 4.78 is 15.2. The Bertz CT molecular complexity index is 730. The third-order valence-corrected chi connectivity index (χ3v) is 3.55. The maximum Gasteiger partial charge on any atom is 0.342 e. The summed E-state index contributed by atoms with van der Waals surface area (Å²) in [5.41, 5.74) is 6.01. The summed E-state index contributed by atoms with van der Waals surface area (Å²) in [5.74, 6) is -0.393. The van der Waals surface area contributed by atoms with Gasteiger partial charge < -0.3 is 24.9 Å². The molecule has 128 valence electrons. The van der Waals surface area contributed by atoms with Crippen LogP contribution in [0.3, 0.4) is 0 Å². The molecule has 1 heterocycles. The second kappa shape index (κ2) is 7.74. The van der Waals surface area contributed by atoms with Crippen LogP contribution in [0.15, 0.2) is 34.9 Å². The molecule has 1 aromatic heterocycles. The van der Waals surface area contributed by atoms with Gasteiger partial charge in [0.25, 0.3) is 5.91 Å². The zero-order valence-electron chi connectivity index (χ0n) is 13.2. The number of carbonyl (C=O) groups excluding carboxylic acids is 2. The second-order valence-electron chi connectivity index (χ2n) is 4.95. The maximum absolute atomic E-state index is 12.1. The molecule has 0 spiro atoms. The summed E-state index contributed by atoms with van der Waals surface area (Å²) >= 11 is 5.90. The number of furan rings is 1. The van der Waals surface area contributed by atoms with Crippen molar-refractivity contribution in [3.8, 4) is 5.75 Å². The third-order valence-electron chi connectivity index (χ3n) is 3.22. The molecule has 0 aliphatic heterocycles. The van der Waals surface area contributed by atoms with Crippen LogP contribution in [0.5, 0.6) is 5.75 Å². The highest BCUT2D eigenvalue weighted by Crippen LogP contribution is 2.29. The van der Waals surface area contributed by atoms with Gasteiger partial charge in [0, 0.05) is 6.07 Å². The summed E-state index contributed by atoms with van der Waals surface area (Å²) in [4.78, 5) is 24.0. The van der Waals surface area contributed by atoms with Crippen molar-refractivity contribution in [3.05, 3.63) is 46.9 Å². The molecule has 0 unspecified atom stereocenters. The summed E-state index contributed by atoms with van der Waals surface area (Å²) in [6, 6.07) is 5.86. The second-order valence-corrected chi connectivity index (χ2v) is 5.36. The SMILES string of the molecule is COc1cc(N)c(Cl)cc1C(=O)OCC(=O)N[C@@H](C)c1ccco1. The molecule has 0 saturated heterocycles. The van der Waals surface area contributed by atoms with Crippen LogP contribution >= 0.6 is 11.6 Å². The molecule has 1 amide bonds. The van der Waals surface area contributed by atoms with Gasteiger partial charge in [0.2, 0.25) is 0 Å². The zero-order valence-corrected chi connectivity index (χ0v) is 13.9.